The van der Waals surface area contributed by atoms with Crippen molar-refractivity contribution < 1.29 is 4.42 Å². The van der Waals surface area contributed by atoms with Gasteiger partial charge in [0.05, 0.1) is 11.0 Å². The molecule has 4 aromatic heterocycles. The van der Waals surface area contributed by atoms with Crippen LogP contribution in [0.2, 0.25) is 0 Å². The quantitative estimate of drug-likeness (QED) is 0.176. The number of fused-ring (bicyclic) bond motifs is 9. The van der Waals surface area contributed by atoms with Gasteiger partial charge in [-0.25, -0.2) is 15.0 Å². The van der Waals surface area contributed by atoms with E-state index in [-0.39, 0.29) is 0 Å². The number of furan rings is 1. The molecule has 0 aliphatic carbocycles. The molecule has 57 heavy (non-hydrogen) atoms. The van der Waals surface area contributed by atoms with Gasteiger partial charge in [0, 0.05) is 75.7 Å². The molecule has 0 saturated heterocycles. The van der Waals surface area contributed by atoms with Gasteiger partial charge in [0.2, 0.25) is 0 Å². The first kappa shape index (κ1) is 31.9. The smallest absolute Gasteiger partial charge is 0.164 e. The molecule has 0 N–H and O–H groups in total. The van der Waals surface area contributed by atoms with Crippen molar-refractivity contribution in [3.8, 4) is 51.0 Å². The molecule has 0 unspecified atom stereocenters. The molecule has 0 saturated carbocycles. The predicted octanol–water partition coefficient (Wildman–Crippen LogP) is 13.9. The van der Waals surface area contributed by atoms with Gasteiger partial charge in [-0.2, -0.15) is 0 Å². The third-order valence-corrected chi connectivity index (χ3v) is 12.2. The number of benzene rings is 8. The van der Waals surface area contributed by atoms with Gasteiger partial charge in [-0.1, -0.05) is 140 Å². The number of nitrogens with zero attached hydrogens (tertiary/aromatic N) is 4. The molecular formula is C51H30N4OS. The Kier molecular flexibility index (Phi) is 7.03. The van der Waals surface area contributed by atoms with Gasteiger partial charge >= 0.3 is 0 Å². The fraction of sp³-hybridized carbons (Fsp3) is 0. The molecular weight excluding hydrogens is 717 g/mol. The van der Waals surface area contributed by atoms with Crippen molar-refractivity contribution in [1.29, 1.82) is 0 Å². The van der Waals surface area contributed by atoms with Crippen LogP contribution in [0.5, 0.6) is 0 Å². The van der Waals surface area contributed by atoms with Crippen LogP contribution in [-0.4, -0.2) is 19.5 Å². The fourth-order valence-corrected chi connectivity index (χ4v) is 9.63. The Morgan fingerprint density at radius 1 is 0.404 bits per heavy atom. The van der Waals surface area contributed by atoms with Crippen molar-refractivity contribution in [1.82, 2.24) is 19.5 Å². The molecule has 5 nitrogen and oxygen atoms in total. The molecule has 0 aliphatic heterocycles. The SMILES string of the molecule is c1ccc(-c2nc(-c3ccccc3)nc(-c3cccc4sc5cc(-c6cccc7c6oc6cc(-n8c9ccccc9c9ccccc98)ccc67)ccc5c34)n2)cc1. The van der Waals surface area contributed by atoms with Crippen LogP contribution in [0, 0.1) is 0 Å². The van der Waals surface area contributed by atoms with E-state index in [0.29, 0.717) is 17.5 Å². The van der Waals surface area contributed by atoms with Gasteiger partial charge in [0.25, 0.3) is 0 Å². The monoisotopic (exact) mass is 746 g/mol. The molecule has 0 aliphatic rings. The van der Waals surface area contributed by atoms with E-state index in [1.807, 2.05) is 60.7 Å². The Hall–Kier alpha value is -7.41. The van der Waals surface area contributed by atoms with Gasteiger partial charge in [0.1, 0.15) is 11.2 Å². The molecule has 0 spiro atoms. The normalized spacial score (nSPS) is 11.9. The second kappa shape index (κ2) is 12.6. The highest BCUT2D eigenvalue weighted by molar-refractivity contribution is 7.26. The summed E-state index contributed by atoms with van der Waals surface area (Å²) in [7, 11) is 0. The molecule has 12 aromatic rings. The maximum Gasteiger partial charge on any atom is 0.164 e. The van der Waals surface area contributed by atoms with Crippen molar-refractivity contribution in [2.75, 3.05) is 0 Å². The topological polar surface area (TPSA) is 56.7 Å². The summed E-state index contributed by atoms with van der Waals surface area (Å²) in [4.78, 5) is 15.1. The molecule has 266 valence electrons. The number of rotatable bonds is 5. The molecule has 8 aromatic carbocycles. The summed E-state index contributed by atoms with van der Waals surface area (Å²) < 4.78 is 11.5. The first-order valence-corrected chi connectivity index (χ1v) is 19.8. The van der Waals surface area contributed by atoms with Crippen LogP contribution in [0.4, 0.5) is 0 Å². The summed E-state index contributed by atoms with van der Waals surface area (Å²) in [6, 6.07) is 63.7. The lowest BCUT2D eigenvalue weighted by atomic mass is 10.00. The van der Waals surface area contributed by atoms with E-state index < -0.39 is 0 Å². The lowest BCUT2D eigenvalue weighted by Crippen LogP contribution is -2.00. The molecule has 4 heterocycles. The standard InChI is InChI=1S/C51H30N4OS/c1-3-13-31(14-4-1)49-52-50(32-15-5-2-6-16-32)54-51(53-49)41-21-12-24-45-47(41)40-27-25-33(29-46(40)57-45)35-19-11-20-39-38-28-26-34(30-44(38)56-48(35)39)55-42-22-9-7-17-36(42)37-18-8-10-23-43(37)55/h1-30H. The Morgan fingerprint density at radius 3 is 1.72 bits per heavy atom. The minimum absolute atomic E-state index is 0.652. The average Bonchev–Trinajstić information content (AvgIpc) is 3.96. The van der Waals surface area contributed by atoms with E-state index in [0.717, 1.165) is 60.8 Å². The number of para-hydroxylation sites is 3. The van der Waals surface area contributed by atoms with Crippen LogP contribution in [0.3, 0.4) is 0 Å². The van der Waals surface area contributed by atoms with Crippen LogP contribution in [0.25, 0.3) is 115 Å². The Bertz CT molecular complexity index is 3420. The van der Waals surface area contributed by atoms with Crippen molar-refractivity contribution in [2.24, 2.45) is 0 Å². The minimum atomic E-state index is 0.652. The largest absolute Gasteiger partial charge is 0.455 e. The van der Waals surface area contributed by atoms with E-state index in [4.69, 9.17) is 19.4 Å². The number of aromatic nitrogens is 4. The molecule has 0 amide bonds. The van der Waals surface area contributed by atoms with Gasteiger partial charge < -0.3 is 8.98 Å². The van der Waals surface area contributed by atoms with Crippen LogP contribution in [-0.2, 0) is 0 Å². The van der Waals surface area contributed by atoms with Gasteiger partial charge in [-0.3, -0.25) is 0 Å². The molecule has 12 rings (SSSR count). The van der Waals surface area contributed by atoms with Gasteiger partial charge in [-0.15, -0.1) is 11.3 Å². The van der Waals surface area contributed by atoms with Crippen LogP contribution >= 0.6 is 11.3 Å². The van der Waals surface area contributed by atoms with Gasteiger partial charge in [-0.05, 0) is 42.0 Å². The summed E-state index contributed by atoms with van der Waals surface area (Å²) in [5.41, 5.74) is 10.3. The zero-order chi connectivity index (χ0) is 37.5. The molecule has 0 bridgehead atoms. The van der Waals surface area contributed by atoms with E-state index in [9.17, 15) is 0 Å². The number of thiophene rings is 1. The van der Waals surface area contributed by atoms with Crippen LogP contribution in [0.15, 0.2) is 186 Å². The number of hydrogen-bond donors (Lipinski definition) is 0. The summed E-state index contributed by atoms with van der Waals surface area (Å²) in [5.74, 6) is 1.96. The molecule has 6 heteroatoms. The third kappa shape index (κ3) is 5.04. The summed E-state index contributed by atoms with van der Waals surface area (Å²) in [6.07, 6.45) is 0. The lowest BCUT2D eigenvalue weighted by molar-refractivity contribution is 0.669. The molecule has 0 radical (unpaired) electrons. The first-order valence-electron chi connectivity index (χ1n) is 19.0. The molecule has 0 atom stereocenters. The highest BCUT2D eigenvalue weighted by atomic mass is 32.1. The van der Waals surface area contributed by atoms with E-state index in [1.165, 1.54) is 36.6 Å². The third-order valence-electron chi connectivity index (χ3n) is 11.1. The highest BCUT2D eigenvalue weighted by Crippen LogP contribution is 2.43. The Balaban J connectivity index is 0.992. The maximum atomic E-state index is 6.81. The summed E-state index contributed by atoms with van der Waals surface area (Å²) in [5, 5.41) is 7.01. The minimum Gasteiger partial charge on any atom is -0.455 e. The average molecular weight is 747 g/mol. The van der Waals surface area contributed by atoms with Crippen LogP contribution < -0.4 is 0 Å². The molecule has 0 fully saturated rings. The van der Waals surface area contributed by atoms with Crippen molar-refractivity contribution in [3.63, 3.8) is 0 Å². The van der Waals surface area contributed by atoms with Crippen molar-refractivity contribution in [3.05, 3.63) is 182 Å². The zero-order valence-electron chi connectivity index (χ0n) is 30.4. The van der Waals surface area contributed by atoms with E-state index in [1.54, 1.807) is 11.3 Å². The van der Waals surface area contributed by atoms with Crippen LogP contribution in [0.1, 0.15) is 0 Å². The van der Waals surface area contributed by atoms with Gasteiger partial charge in [0.15, 0.2) is 17.5 Å². The summed E-state index contributed by atoms with van der Waals surface area (Å²) in [6.45, 7) is 0. The first-order chi connectivity index (χ1) is 28.2. The van der Waals surface area contributed by atoms with E-state index >= 15 is 0 Å². The maximum absolute atomic E-state index is 6.81. The number of hydrogen-bond acceptors (Lipinski definition) is 5. The predicted molar refractivity (Wildman–Crippen MR) is 236 cm³/mol. The summed E-state index contributed by atoms with van der Waals surface area (Å²) >= 11 is 1.79. The Morgan fingerprint density at radius 2 is 1.00 bits per heavy atom. The fourth-order valence-electron chi connectivity index (χ4n) is 8.46. The zero-order valence-corrected chi connectivity index (χ0v) is 31.2. The second-order valence-electron chi connectivity index (χ2n) is 14.4. The second-order valence-corrected chi connectivity index (χ2v) is 15.4. The Labute approximate surface area is 330 Å². The van der Waals surface area contributed by atoms with Crippen molar-refractivity contribution >= 4 is 75.3 Å². The lowest BCUT2D eigenvalue weighted by Gasteiger charge is -2.09. The highest BCUT2D eigenvalue weighted by Gasteiger charge is 2.19. The van der Waals surface area contributed by atoms with Crippen molar-refractivity contribution in [2.45, 2.75) is 0 Å². The van der Waals surface area contributed by atoms with E-state index in [2.05, 4.69) is 126 Å².